The van der Waals surface area contributed by atoms with Crippen LogP contribution in [0.2, 0.25) is 0 Å². The molecule has 0 spiro atoms. The molecule has 1 rings (SSSR count). The molecule has 0 aliphatic rings. The smallest absolute Gasteiger partial charge is 0.128 e. The number of nitrogens with zero attached hydrogens (tertiary/aromatic N) is 1. The third-order valence-corrected chi connectivity index (χ3v) is 1.22. The van der Waals surface area contributed by atoms with Gasteiger partial charge >= 0.3 is 0 Å². The Kier molecular flexibility index (Phi) is 1.63. The average Bonchev–Trinajstić information content (AvgIpc) is 2.37. The van der Waals surface area contributed by atoms with Crippen LogP contribution in [0.3, 0.4) is 0 Å². The van der Waals surface area contributed by atoms with Crippen LogP contribution in [-0.4, -0.2) is 16.5 Å². The van der Waals surface area contributed by atoms with Gasteiger partial charge in [0, 0.05) is 11.9 Å². The second kappa shape index (κ2) is 2.44. The molecule has 1 N–H and O–H groups in total. The summed E-state index contributed by atoms with van der Waals surface area (Å²) in [5, 5.41) is 6.41. The Morgan fingerprint density at radius 3 is 3.11 bits per heavy atom. The van der Waals surface area contributed by atoms with Gasteiger partial charge in [0.15, 0.2) is 0 Å². The van der Waals surface area contributed by atoms with E-state index in [2.05, 4.69) is 10.2 Å². The van der Waals surface area contributed by atoms with Crippen molar-refractivity contribution >= 4 is 6.29 Å². The summed E-state index contributed by atoms with van der Waals surface area (Å²) in [6.07, 6.45) is 2.52. The number of H-pyrrole nitrogens is 1. The SMILES string of the molecule is CC(C=O)c1ccn[nH]1. The third kappa shape index (κ3) is 1.16. The molecule has 0 fully saturated rings. The van der Waals surface area contributed by atoms with E-state index in [0.717, 1.165) is 12.0 Å². The summed E-state index contributed by atoms with van der Waals surface area (Å²) in [5.74, 6) is -0.0625. The van der Waals surface area contributed by atoms with Crippen LogP contribution < -0.4 is 0 Å². The molecule has 0 radical (unpaired) electrons. The van der Waals surface area contributed by atoms with Gasteiger partial charge in [-0.2, -0.15) is 5.10 Å². The van der Waals surface area contributed by atoms with Gasteiger partial charge in [-0.05, 0) is 6.07 Å². The highest BCUT2D eigenvalue weighted by Gasteiger charge is 2.02. The molecule has 0 bridgehead atoms. The van der Waals surface area contributed by atoms with Crippen LogP contribution in [0, 0.1) is 0 Å². The van der Waals surface area contributed by atoms with Crippen molar-refractivity contribution in [1.82, 2.24) is 10.2 Å². The zero-order valence-electron chi connectivity index (χ0n) is 5.16. The number of hydrogen-bond acceptors (Lipinski definition) is 2. The molecule has 9 heavy (non-hydrogen) atoms. The van der Waals surface area contributed by atoms with Crippen molar-refractivity contribution in [2.45, 2.75) is 12.8 Å². The Balaban J connectivity index is 2.76. The molecule has 1 aromatic heterocycles. The molecule has 0 saturated heterocycles. The second-order valence-electron chi connectivity index (χ2n) is 1.94. The minimum Gasteiger partial charge on any atom is -0.303 e. The van der Waals surface area contributed by atoms with Crippen LogP contribution in [0.5, 0.6) is 0 Å². The summed E-state index contributed by atoms with van der Waals surface area (Å²) in [5.41, 5.74) is 0.866. The van der Waals surface area contributed by atoms with E-state index in [-0.39, 0.29) is 5.92 Å². The summed E-state index contributed by atoms with van der Waals surface area (Å²) in [6.45, 7) is 1.82. The minimum atomic E-state index is -0.0625. The molecule has 3 heteroatoms. The molecule has 0 saturated carbocycles. The van der Waals surface area contributed by atoms with Crippen molar-refractivity contribution in [1.29, 1.82) is 0 Å². The average molecular weight is 124 g/mol. The molecular weight excluding hydrogens is 116 g/mol. The number of aromatic nitrogens is 2. The maximum absolute atomic E-state index is 10.2. The highest BCUT2D eigenvalue weighted by atomic mass is 16.1. The van der Waals surface area contributed by atoms with E-state index in [9.17, 15) is 4.79 Å². The minimum absolute atomic E-state index is 0.0625. The number of carbonyl (C=O) groups is 1. The van der Waals surface area contributed by atoms with Crippen molar-refractivity contribution in [2.24, 2.45) is 0 Å². The van der Waals surface area contributed by atoms with E-state index in [1.54, 1.807) is 12.3 Å². The fraction of sp³-hybridized carbons (Fsp3) is 0.333. The largest absolute Gasteiger partial charge is 0.303 e. The molecule has 0 aliphatic carbocycles. The molecular formula is C6H8N2O. The first-order valence-corrected chi connectivity index (χ1v) is 2.79. The van der Waals surface area contributed by atoms with Crippen molar-refractivity contribution in [2.75, 3.05) is 0 Å². The van der Waals surface area contributed by atoms with Gasteiger partial charge in [-0.1, -0.05) is 6.92 Å². The van der Waals surface area contributed by atoms with Gasteiger partial charge < -0.3 is 4.79 Å². The van der Waals surface area contributed by atoms with E-state index in [4.69, 9.17) is 0 Å². The maximum Gasteiger partial charge on any atom is 0.128 e. The number of hydrogen-bond donors (Lipinski definition) is 1. The first kappa shape index (κ1) is 6.01. The molecule has 0 aliphatic heterocycles. The van der Waals surface area contributed by atoms with Crippen LogP contribution in [0.15, 0.2) is 12.3 Å². The monoisotopic (exact) mass is 124 g/mol. The van der Waals surface area contributed by atoms with Crippen molar-refractivity contribution in [3.05, 3.63) is 18.0 Å². The van der Waals surface area contributed by atoms with Gasteiger partial charge in [-0.25, -0.2) is 0 Å². The molecule has 0 amide bonds. The number of nitrogens with one attached hydrogen (secondary N) is 1. The van der Waals surface area contributed by atoms with E-state index < -0.39 is 0 Å². The Labute approximate surface area is 53.1 Å². The Morgan fingerprint density at radius 1 is 1.89 bits per heavy atom. The summed E-state index contributed by atoms with van der Waals surface area (Å²) < 4.78 is 0. The van der Waals surface area contributed by atoms with E-state index in [1.165, 1.54) is 0 Å². The standard InChI is InChI=1S/C6H8N2O/c1-5(4-9)6-2-3-7-8-6/h2-5H,1H3,(H,7,8). The van der Waals surface area contributed by atoms with Crippen LogP contribution in [-0.2, 0) is 4.79 Å². The van der Waals surface area contributed by atoms with Crippen LogP contribution in [0.25, 0.3) is 0 Å². The lowest BCUT2D eigenvalue weighted by molar-refractivity contribution is -0.108. The Bertz CT molecular complexity index is 181. The lowest BCUT2D eigenvalue weighted by Gasteiger charge is -1.94. The summed E-state index contributed by atoms with van der Waals surface area (Å²) in [6, 6.07) is 1.79. The number of carbonyl (C=O) groups excluding carboxylic acids is 1. The van der Waals surface area contributed by atoms with Crippen LogP contribution in [0.1, 0.15) is 18.5 Å². The van der Waals surface area contributed by atoms with Crippen molar-refractivity contribution in [3.63, 3.8) is 0 Å². The highest BCUT2D eigenvalue weighted by molar-refractivity contribution is 5.59. The maximum atomic E-state index is 10.2. The molecule has 1 heterocycles. The quantitative estimate of drug-likeness (QED) is 0.590. The fourth-order valence-electron chi connectivity index (χ4n) is 0.594. The first-order valence-electron chi connectivity index (χ1n) is 2.79. The second-order valence-corrected chi connectivity index (χ2v) is 1.94. The normalized spacial score (nSPS) is 13.0. The Morgan fingerprint density at radius 2 is 2.67 bits per heavy atom. The summed E-state index contributed by atoms with van der Waals surface area (Å²) in [4.78, 5) is 10.2. The molecule has 1 unspecified atom stereocenters. The van der Waals surface area contributed by atoms with Gasteiger partial charge in [-0.15, -0.1) is 0 Å². The lowest BCUT2D eigenvalue weighted by atomic mass is 10.1. The van der Waals surface area contributed by atoms with Crippen molar-refractivity contribution in [3.8, 4) is 0 Å². The van der Waals surface area contributed by atoms with E-state index in [0.29, 0.717) is 0 Å². The van der Waals surface area contributed by atoms with Crippen LogP contribution in [0.4, 0.5) is 0 Å². The fourth-order valence-corrected chi connectivity index (χ4v) is 0.594. The predicted octanol–water partition coefficient (Wildman–Crippen LogP) is 0.712. The van der Waals surface area contributed by atoms with Crippen molar-refractivity contribution < 1.29 is 4.79 Å². The molecule has 1 aromatic rings. The van der Waals surface area contributed by atoms with Gasteiger partial charge in [-0.3, -0.25) is 5.10 Å². The third-order valence-electron chi connectivity index (χ3n) is 1.22. The lowest BCUT2D eigenvalue weighted by Crippen LogP contribution is -1.93. The molecule has 3 nitrogen and oxygen atoms in total. The highest BCUT2D eigenvalue weighted by Crippen LogP contribution is 2.06. The van der Waals surface area contributed by atoms with Gasteiger partial charge in [0.25, 0.3) is 0 Å². The van der Waals surface area contributed by atoms with E-state index >= 15 is 0 Å². The van der Waals surface area contributed by atoms with Crippen LogP contribution >= 0.6 is 0 Å². The predicted molar refractivity (Wildman–Crippen MR) is 33.1 cm³/mol. The number of aldehydes is 1. The Hall–Kier alpha value is -1.12. The first-order chi connectivity index (χ1) is 4.34. The van der Waals surface area contributed by atoms with Gasteiger partial charge in [0.2, 0.25) is 0 Å². The number of rotatable bonds is 2. The molecule has 48 valence electrons. The molecule has 1 atom stereocenters. The summed E-state index contributed by atoms with van der Waals surface area (Å²) >= 11 is 0. The summed E-state index contributed by atoms with van der Waals surface area (Å²) in [7, 11) is 0. The zero-order chi connectivity index (χ0) is 6.69. The van der Waals surface area contributed by atoms with Gasteiger partial charge in [0.1, 0.15) is 6.29 Å². The zero-order valence-corrected chi connectivity index (χ0v) is 5.16. The topological polar surface area (TPSA) is 45.8 Å². The number of aromatic amines is 1. The van der Waals surface area contributed by atoms with E-state index in [1.807, 2.05) is 6.92 Å². The molecule has 0 aromatic carbocycles. The van der Waals surface area contributed by atoms with Gasteiger partial charge in [0.05, 0.1) is 5.92 Å².